The van der Waals surface area contributed by atoms with Crippen LogP contribution in [-0.2, 0) is 0 Å². The van der Waals surface area contributed by atoms with Crippen molar-refractivity contribution in [3.8, 4) is 0 Å². The Balaban J connectivity index is 2.20. The van der Waals surface area contributed by atoms with E-state index in [2.05, 4.69) is 21.8 Å². The number of aliphatic imine (C=N–C) groups is 2. The third kappa shape index (κ3) is 1.18. The summed E-state index contributed by atoms with van der Waals surface area (Å²) < 4.78 is 0. The molecule has 0 N–H and O–H groups in total. The lowest BCUT2D eigenvalue weighted by Crippen LogP contribution is -2.42. The maximum Gasteiger partial charge on any atom is 0.0990 e. The summed E-state index contributed by atoms with van der Waals surface area (Å²) >= 11 is 0. The van der Waals surface area contributed by atoms with Gasteiger partial charge >= 0.3 is 0 Å². The lowest BCUT2D eigenvalue weighted by Gasteiger charge is -2.32. The molecule has 0 bridgehead atoms. The monoisotopic (exact) mass is 149 g/mol. The van der Waals surface area contributed by atoms with Crippen LogP contribution < -0.4 is 0 Å². The first-order valence-corrected chi connectivity index (χ1v) is 3.85. The van der Waals surface area contributed by atoms with Crippen molar-refractivity contribution in [1.82, 2.24) is 4.90 Å². The first kappa shape index (κ1) is 6.58. The van der Waals surface area contributed by atoms with Gasteiger partial charge in [-0.15, -0.1) is 0 Å². The van der Waals surface area contributed by atoms with Crippen molar-refractivity contribution in [2.24, 2.45) is 9.98 Å². The van der Waals surface area contributed by atoms with Crippen LogP contribution in [0.4, 0.5) is 0 Å². The van der Waals surface area contributed by atoms with Gasteiger partial charge < -0.3 is 4.90 Å². The molecule has 2 atom stereocenters. The van der Waals surface area contributed by atoms with Gasteiger partial charge in [0.15, 0.2) is 0 Å². The molecule has 2 aliphatic heterocycles. The average Bonchev–Trinajstić information content (AvgIpc) is 2.04. The Morgan fingerprint density at radius 2 is 2.36 bits per heavy atom. The molecular weight excluding hydrogens is 138 g/mol. The third-order valence-corrected chi connectivity index (χ3v) is 1.93. The van der Waals surface area contributed by atoms with E-state index in [0.717, 1.165) is 6.54 Å². The smallest absolute Gasteiger partial charge is 0.0990 e. The SMILES string of the molecule is CC1CN2C=CN=CC2C=N1. The van der Waals surface area contributed by atoms with Gasteiger partial charge in [0.25, 0.3) is 0 Å². The normalized spacial score (nSPS) is 34.1. The van der Waals surface area contributed by atoms with Crippen LogP contribution in [0.15, 0.2) is 22.4 Å². The second-order valence-electron chi connectivity index (χ2n) is 2.93. The van der Waals surface area contributed by atoms with E-state index in [0.29, 0.717) is 12.1 Å². The zero-order valence-corrected chi connectivity index (χ0v) is 6.51. The van der Waals surface area contributed by atoms with Crippen LogP contribution >= 0.6 is 0 Å². The largest absolute Gasteiger partial charge is 0.361 e. The molecular formula is C8H11N3. The number of fused-ring (bicyclic) bond motifs is 1. The first-order valence-electron chi connectivity index (χ1n) is 3.85. The Labute approximate surface area is 66.1 Å². The highest BCUT2D eigenvalue weighted by Gasteiger charge is 2.19. The van der Waals surface area contributed by atoms with Gasteiger partial charge in [0.1, 0.15) is 0 Å². The molecule has 11 heavy (non-hydrogen) atoms. The van der Waals surface area contributed by atoms with E-state index in [9.17, 15) is 0 Å². The lowest BCUT2D eigenvalue weighted by atomic mass is 10.2. The summed E-state index contributed by atoms with van der Waals surface area (Å²) in [6.07, 6.45) is 7.71. The van der Waals surface area contributed by atoms with Gasteiger partial charge in [-0.3, -0.25) is 9.98 Å². The molecule has 0 aromatic heterocycles. The van der Waals surface area contributed by atoms with Crippen LogP contribution in [0.3, 0.4) is 0 Å². The molecule has 0 saturated carbocycles. The summed E-state index contributed by atoms with van der Waals surface area (Å²) in [6.45, 7) is 3.12. The van der Waals surface area contributed by atoms with E-state index >= 15 is 0 Å². The van der Waals surface area contributed by atoms with Crippen molar-refractivity contribution in [1.29, 1.82) is 0 Å². The van der Waals surface area contributed by atoms with Gasteiger partial charge in [-0.25, -0.2) is 0 Å². The Hall–Kier alpha value is -1.12. The van der Waals surface area contributed by atoms with Gasteiger partial charge in [-0.1, -0.05) is 0 Å². The molecule has 0 amide bonds. The highest BCUT2D eigenvalue weighted by atomic mass is 15.2. The van der Waals surface area contributed by atoms with E-state index in [1.54, 1.807) is 0 Å². The molecule has 0 saturated heterocycles. The summed E-state index contributed by atoms with van der Waals surface area (Å²) in [5.74, 6) is 0. The highest BCUT2D eigenvalue weighted by molar-refractivity contribution is 5.89. The molecule has 2 unspecified atom stereocenters. The summed E-state index contributed by atoms with van der Waals surface area (Å²) in [5.41, 5.74) is 0. The van der Waals surface area contributed by atoms with Crippen LogP contribution in [0.1, 0.15) is 6.92 Å². The Morgan fingerprint density at radius 3 is 3.27 bits per heavy atom. The molecule has 0 aromatic carbocycles. The minimum atomic E-state index is 0.302. The molecule has 3 nitrogen and oxygen atoms in total. The molecule has 2 aliphatic rings. The van der Waals surface area contributed by atoms with Gasteiger partial charge in [0.2, 0.25) is 0 Å². The third-order valence-electron chi connectivity index (χ3n) is 1.93. The fourth-order valence-electron chi connectivity index (χ4n) is 1.34. The predicted molar refractivity (Wildman–Crippen MR) is 46.1 cm³/mol. The fraction of sp³-hybridized carbons (Fsp3) is 0.500. The molecule has 0 spiro atoms. The number of rotatable bonds is 0. The van der Waals surface area contributed by atoms with E-state index in [1.165, 1.54) is 0 Å². The van der Waals surface area contributed by atoms with E-state index < -0.39 is 0 Å². The van der Waals surface area contributed by atoms with Crippen LogP contribution in [0.2, 0.25) is 0 Å². The van der Waals surface area contributed by atoms with Crippen LogP contribution in [0.5, 0.6) is 0 Å². The molecule has 2 heterocycles. The zero-order chi connectivity index (χ0) is 7.68. The Kier molecular flexibility index (Phi) is 1.49. The summed E-state index contributed by atoms with van der Waals surface area (Å²) in [4.78, 5) is 10.6. The number of hydrogen-bond donors (Lipinski definition) is 0. The molecule has 2 rings (SSSR count). The van der Waals surface area contributed by atoms with Crippen molar-refractivity contribution >= 4 is 12.4 Å². The molecule has 0 aliphatic carbocycles. The van der Waals surface area contributed by atoms with Crippen LogP contribution in [-0.4, -0.2) is 36.0 Å². The molecule has 0 radical (unpaired) electrons. The quantitative estimate of drug-likeness (QED) is 0.498. The van der Waals surface area contributed by atoms with Crippen molar-refractivity contribution < 1.29 is 0 Å². The average molecular weight is 149 g/mol. The Bertz CT molecular complexity index is 229. The van der Waals surface area contributed by atoms with E-state index in [1.807, 2.05) is 24.8 Å². The van der Waals surface area contributed by atoms with Gasteiger partial charge in [0.05, 0.1) is 12.1 Å². The molecule has 0 fully saturated rings. The van der Waals surface area contributed by atoms with Crippen LogP contribution in [0, 0.1) is 0 Å². The highest BCUT2D eigenvalue weighted by Crippen LogP contribution is 2.09. The van der Waals surface area contributed by atoms with Gasteiger partial charge in [-0.05, 0) is 6.92 Å². The minimum Gasteiger partial charge on any atom is -0.361 e. The molecule has 58 valence electrons. The van der Waals surface area contributed by atoms with Gasteiger partial charge in [-0.2, -0.15) is 0 Å². The second kappa shape index (κ2) is 2.49. The Morgan fingerprint density at radius 1 is 1.45 bits per heavy atom. The molecule has 3 heteroatoms. The fourth-order valence-corrected chi connectivity index (χ4v) is 1.34. The van der Waals surface area contributed by atoms with E-state index in [4.69, 9.17) is 0 Å². The van der Waals surface area contributed by atoms with Crippen LogP contribution in [0.25, 0.3) is 0 Å². The topological polar surface area (TPSA) is 28.0 Å². The maximum atomic E-state index is 4.32. The summed E-state index contributed by atoms with van der Waals surface area (Å²) in [5, 5.41) is 0. The summed E-state index contributed by atoms with van der Waals surface area (Å²) in [7, 11) is 0. The lowest BCUT2D eigenvalue weighted by molar-refractivity contribution is 0.351. The van der Waals surface area contributed by atoms with E-state index in [-0.39, 0.29) is 0 Å². The van der Waals surface area contributed by atoms with Crippen molar-refractivity contribution in [2.75, 3.05) is 6.54 Å². The molecule has 0 aromatic rings. The maximum absolute atomic E-state index is 4.32. The van der Waals surface area contributed by atoms with Crippen molar-refractivity contribution in [3.05, 3.63) is 12.4 Å². The number of hydrogen-bond acceptors (Lipinski definition) is 3. The first-order chi connectivity index (χ1) is 5.36. The second-order valence-corrected chi connectivity index (χ2v) is 2.93. The van der Waals surface area contributed by atoms with Crippen molar-refractivity contribution in [2.45, 2.75) is 19.0 Å². The summed E-state index contributed by atoms with van der Waals surface area (Å²) in [6, 6.07) is 0.721. The zero-order valence-electron chi connectivity index (χ0n) is 6.51. The van der Waals surface area contributed by atoms with Crippen molar-refractivity contribution in [3.63, 3.8) is 0 Å². The predicted octanol–water partition coefficient (Wildman–Crippen LogP) is 0.685. The number of nitrogens with zero attached hydrogens (tertiary/aromatic N) is 3. The van der Waals surface area contributed by atoms with Gasteiger partial charge in [0, 0.05) is 31.4 Å². The standard InChI is InChI=1S/C8H11N3/c1-7-6-11-3-2-9-4-8(11)5-10-7/h2-5,7-8H,6H2,1H3. The minimum absolute atomic E-state index is 0.302.